The van der Waals surface area contributed by atoms with Crippen LogP contribution in [0.1, 0.15) is 11.1 Å². The third-order valence-electron chi connectivity index (χ3n) is 2.51. The van der Waals surface area contributed by atoms with Crippen molar-refractivity contribution in [3.05, 3.63) is 57.0 Å². The van der Waals surface area contributed by atoms with E-state index in [1.165, 1.54) is 0 Å². The molecule has 0 bridgehead atoms. The molecule has 2 aromatic carbocycles. The summed E-state index contributed by atoms with van der Waals surface area (Å²) in [5.74, 6) is 2.05. The number of hydrogen-bond acceptors (Lipinski definition) is 1. The maximum absolute atomic E-state index is 5.89. The monoisotopic (exact) mass is 344 g/mol. The molecule has 0 heterocycles. The fourth-order valence-corrected chi connectivity index (χ4v) is 2.52. The second-order valence-corrected chi connectivity index (χ2v) is 5.47. The van der Waals surface area contributed by atoms with Crippen LogP contribution in [0.25, 0.3) is 0 Å². The van der Waals surface area contributed by atoms with Crippen molar-refractivity contribution in [2.75, 3.05) is 0 Å². The van der Waals surface area contributed by atoms with E-state index in [1.54, 1.807) is 12.1 Å². The molecule has 94 valence electrons. The van der Waals surface area contributed by atoms with Gasteiger partial charge in [0.05, 0.1) is 4.47 Å². The minimum absolute atomic E-state index is 0.506. The van der Waals surface area contributed by atoms with E-state index < -0.39 is 0 Å². The zero-order valence-electron chi connectivity index (χ0n) is 9.71. The molecular formula is C14H11BrCl2O. The highest BCUT2D eigenvalue weighted by Crippen LogP contribution is 2.33. The van der Waals surface area contributed by atoms with Gasteiger partial charge >= 0.3 is 0 Å². The minimum atomic E-state index is 0.506. The maximum atomic E-state index is 5.89. The van der Waals surface area contributed by atoms with E-state index in [0.29, 0.717) is 10.9 Å². The standard InChI is InChI=1S/C14H11BrCl2O/c1-9-6-10(8-16)2-4-13(9)18-14-5-3-11(17)7-12(14)15/h2-7H,8H2,1H3. The maximum Gasteiger partial charge on any atom is 0.141 e. The molecule has 0 aliphatic carbocycles. The lowest BCUT2D eigenvalue weighted by atomic mass is 10.1. The Hall–Kier alpha value is -0.700. The molecule has 0 fully saturated rings. The molecule has 0 aliphatic rings. The van der Waals surface area contributed by atoms with Gasteiger partial charge in [-0.2, -0.15) is 0 Å². The zero-order valence-corrected chi connectivity index (χ0v) is 12.8. The quantitative estimate of drug-likeness (QED) is 0.625. The molecule has 0 atom stereocenters. The number of aryl methyl sites for hydroxylation is 1. The molecule has 18 heavy (non-hydrogen) atoms. The van der Waals surface area contributed by atoms with Crippen LogP contribution in [0.2, 0.25) is 5.02 Å². The number of ether oxygens (including phenoxy) is 1. The minimum Gasteiger partial charge on any atom is -0.456 e. The highest BCUT2D eigenvalue weighted by atomic mass is 79.9. The lowest BCUT2D eigenvalue weighted by molar-refractivity contribution is 0.476. The summed E-state index contributed by atoms with van der Waals surface area (Å²) >= 11 is 15.1. The highest BCUT2D eigenvalue weighted by Gasteiger charge is 2.06. The normalized spacial score (nSPS) is 10.4. The Kier molecular flexibility index (Phi) is 4.55. The molecule has 0 N–H and O–H groups in total. The van der Waals surface area contributed by atoms with Gasteiger partial charge in [0, 0.05) is 10.9 Å². The fourth-order valence-electron chi connectivity index (χ4n) is 1.59. The van der Waals surface area contributed by atoms with E-state index in [-0.39, 0.29) is 0 Å². The summed E-state index contributed by atoms with van der Waals surface area (Å²) in [5, 5.41) is 0.670. The average molecular weight is 346 g/mol. The van der Waals surface area contributed by atoms with Crippen LogP contribution in [0, 0.1) is 6.92 Å². The van der Waals surface area contributed by atoms with E-state index in [2.05, 4.69) is 15.9 Å². The number of benzene rings is 2. The van der Waals surface area contributed by atoms with Gasteiger partial charge in [-0.15, -0.1) is 11.6 Å². The predicted molar refractivity (Wildman–Crippen MR) is 80.0 cm³/mol. The number of alkyl halides is 1. The predicted octanol–water partition coefficient (Wildman–Crippen LogP) is 5.94. The average Bonchev–Trinajstić information content (AvgIpc) is 2.34. The van der Waals surface area contributed by atoms with Crippen LogP contribution >= 0.6 is 39.1 Å². The first-order valence-electron chi connectivity index (χ1n) is 5.38. The number of rotatable bonds is 3. The van der Waals surface area contributed by atoms with Crippen LogP contribution in [0.15, 0.2) is 40.9 Å². The summed E-state index contributed by atoms with van der Waals surface area (Å²) in [6.45, 7) is 2.00. The molecule has 4 heteroatoms. The first-order chi connectivity index (χ1) is 8.60. The lowest BCUT2D eigenvalue weighted by Crippen LogP contribution is -1.90. The van der Waals surface area contributed by atoms with Crippen LogP contribution in [-0.2, 0) is 5.88 Å². The topological polar surface area (TPSA) is 9.23 Å². The molecule has 0 saturated heterocycles. The third kappa shape index (κ3) is 3.19. The molecule has 0 aliphatic heterocycles. The Labute approximate surface area is 125 Å². The van der Waals surface area contributed by atoms with Crippen molar-refractivity contribution in [3.8, 4) is 11.5 Å². The van der Waals surface area contributed by atoms with E-state index in [0.717, 1.165) is 27.1 Å². The van der Waals surface area contributed by atoms with Crippen molar-refractivity contribution >= 4 is 39.1 Å². The summed E-state index contributed by atoms with van der Waals surface area (Å²) < 4.78 is 6.68. The van der Waals surface area contributed by atoms with Gasteiger partial charge in [-0.3, -0.25) is 0 Å². The van der Waals surface area contributed by atoms with Gasteiger partial charge < -0.3 is 4.74 Å². The molecule has 0 spiro atoms. The fraction of sp³-hybridized carbons (Fsp3) is 0.143. The Balaban J connectivity index is 2.28. The SMILES string of the molecule is Cc1cc(CCl)ccc1Oc1ccc(Cl)cc1Br. The summed E-state index contributed by atoms with van der Waals surface area (Å²) in [4.78, 5) is 0. The van der Waals surface area contributed by atoms with Crippen LogP contribution in [0.3, 0.4) is 0 Å². The largest absolute Gasteiger partial charge is 0.456 e. The molecule has 0 unspecified atom stereocenters. The summed E-state index contributed by atoms with van der Waals surface area (Å²) in [6, 6.07) is 11.3. The van der Waals surface area contributed by atoms with Crippen LogP contribution in [0.4, 0.5) is 0 Å². The van der Waals surface area contributed by atoms with E-state index in [1.807, 2.05) is 31.2 Å². The number of halogens is 3. The zero-order chi connectivity index (χ0) is 13.1. The van der Waals surface area contributed by atoms with E-state index in [4.69, 9.17) is 27.9 Å². The first-order valence-corrected chi connectivity index (χ1v) is 7.09. The van der Waals surface area contributed by atoms with E-state index >= 15 is 0 Å². The molecule has 0 aromatic heterocycles. The molecule has 1 nitrogen and oxygen atoms in total. The van der Waals surface area contributed by atoms with Crippen molar-refractivity contribution in [2.24, 2.45) is 0 Å². The molecular weight excluding hydrogens is 335 g/mol. The Morgan fingerprint density at radius 1 is 1.11 bits per heavy atom. The van der Waals surface area contributed by atoms with Crippen molar-refractivity contribution in [2.45, 2.75) is 12.8 Å². The summed E-state index contributed by atoms with van der Waals surface area (Å²) in [5.41, 5.74) is 2.13. The molecule has 0 saturated carbocycles. The van der Waals surface area contributed by atoms with Gasteiger partial charge in [0.15, 0.2) is 0 Å². The van der Waals surface area contributed by atoms with Crippen molar-refractivity contribution in [1.29, 1.82) is 0 Å². The van der Waals surface area contributed by atoms with Crippen LogP contribution < -0.4 is 4.74 Å². The Morgan fingerprint density at radius 2 is 1.83 bits per heavy atom. The van der Waals surface area contributed by atoms with Crippen LogP contribution in [0.5, 0.6) is 11.5 Å². The summed E-state index contributed by atoms with van der Waals surface area (Å²) in [6.07, 6.45) is 0. The summed E-state index contributed by atoms with van der Waals surface area (Å²) in [7, 11) is 0. The van der Waals surface area contributed by atoms with Crippen molar-refractivity contribution < 1.29 is 4.74 Å². The molecule has 2 aromatic rings. The highest BCUT2D eigenvalue weighted by molar-refractivity contribution is 9.10. The molecule has 2 rings (SSSR count). The Bertz CT molecular complexity index is 570. The molecule has 0 amide bonds. The number of hydrogen-bond donors (Lipinski definition) is 0. The third-order valence-corrected chi connectivity index (χ3v) is 3.67. The van der Waals surface area contributed by atoms with Crippen molar-refractivity contribution in [3.63, 3.8) is 0 Å². The van der Waals surface area contributed by atoms with E-state index in [9.17, 15) is 0 Å². The van der Waals surface area contributed by atoms with Gasteiger partial charge in [0.25, 0.3) is 0 Å². The van der Waals surface area contributed by atoms with Gasteiger partial charge in [0.1, 0.15) is 11.5 Å². The second-order valence-electron chi connectivity index (χ2n) is 3.91. The van der Waals surface area contributed by atoms with Crippen LogP contribution in [-0.4, -0.2) is 0 Å². The van der Waals surface area contributed by atoms with Gasteiger partial charge in [0.2, 0.25) is 0 Å². The first kappa shape index (κ1) is 13.7. The van der Waals surface area contributed by atoms with Crippen molar-refractivity contribution in [1.82, 2.24) is 0 Å². The second kappa shape index (κ2) is 5.96. The molecule has 0 radical (unpaired) electrons. The van der Waals surface area contributed by atoms with Gasteiger partial charge in [-0.05, 0) is 58.2 Å². The smallest absolute Gasteiger partial charge is 0.141 e. The lowest BCUT2D eigenvalue weighted by Gasteiger charge is -2.11. The van der Waals surface area contributed by atoms with Gasteiger partial charge in [-0.25, -0.2) is 0 Å². The Morgan fingerprint density at radius 3 is 2.44 bits per heavy atom. The van der Waals surface area contributed by atoms with Gasteiger partial charge in [-0.1, -0.05) is 23.7 Å².